The minimum atomic E-state index is -0.0563. The van der Waals surface area contributed by atoms with Crippen molar-refractivity contribution in [2.45, 2.75) is 11.8 Å². The summed E-state index contributed by atoms with van der Waals surface area (Å²) in [5.41, 5.74) is 8.33. The molecule has 20 heavy (non-hydrogen) atoms. The number of thioether (sulfide) groups is 1. The normalized spacial score (nSPS) is 10.3. The van der Waals surface area contributed by atoms with Crippen LogP contribution in [0.5, 0.6) is 0 Å². The summed E-state index contributed by atoms with van der Waals surface area (Å²) in [7, 11) is 0. The van der Waals surface area contributed by atoms with Crippen LogP contribution in [0, 0.1) is 6.92 Å². The highest BCUT2D eigenvalue weighted by atomic mass is 35.5. The lowest BCUT2D eigenvalue weighted by Crippen LogP contribution is -2.14. The van der Waals surface area contributed by atoms with Crippen molar-refractivity contribution in [2.75, 3.05) is 16.8 Å². The molecule has 0 aliphatic rings. The Kier molecular flexibility index (Phi) is 4.93. The van der Waals surface area contributed by atoms with E-state index in [0.29, 0.717) is 10.8 Å². The SMILES string of the molecule is Cc1c(N)cccc1SCC(=O)Nc1ccc(Cl)cc1. The number of nitrogens with two attached hydrogens (primary N) is 1. The molecule has 0 radical (unpaired) electrons. The van der Waals surface area contributed by atoms with Crippen LogP contribution in [0.25, 0.3) is 0 Å². The molecule has 2 aromatic rings. The molecule has 1 amide bonds. The van der Waals surface area contributed by atoms with Crippen molar-refractivity contribution in [3.05, 3.63) is 53.1 Å². The molecule has 0 saturated heterocycles. The maximum Gasteiger partial charge on any atom is 0.234 e. The van der Waals surface area contributed by atoms with E-state index in [9.17, 15) is 4.79 Å². The Morgan fingerprint density at radius 1 is 1.25 bits per heavy atom. The average molecular weight is 307 g/mol. The summed E-state index contributed by atoms with van der Waals surface area (Å²) in [6.07, 6.45) is 0. The van der Waals surface area contributed by atoms with Gasteiger partial charge in [0.15, 0.2) is 0 Å². The monoisotopic (exact) mass is 306 g/mol. The maximum absolute atomic E-state index is 11.9. The number of amides is 1. The summed E-state index contributed by atoms with van der Waals surface area (Å²) in [6, 6.07) is 12.7. The zero-order valence-corrected chi connectivity index (χ0v) is 12.6. The van der Waals surface area contributed by atoms with Crippen LogP contribution in [0.3, 0.4) is 0 Å². The number of carbonyl (C=O) groups is 1. The highest BCUT2D eigenvalue weighted by Crippen LogP contribution is 2.26. The van der Waals surface area contributed by atoms with Gasteiger partial charge in [0, 0.05) is 21.3 Å². The first-order chi connectivity index (χ1) is 9.56. The first-order valence-electron chi connectivity index (χ1n) is 6.09. The standard InChI is InChI=1S/C15H15ClN2OS/c1-10-13(17)3-2-4-14(10)20-9-15(19)18-12-7-5-11(16)6-8-12/h2-8H,9,17H2,1H3,(H,18,19). The summed E-state index contributed by atoms with van der Waals surface area (Å²) < 4.78 is 0. The molecule has 3 nitrogen and oxygen atoms in total. The van der Waals surface area contributed by atoms with E-state index in [0.717, 1.165) is 21.8 Å². The summed E-state index contributed by atoms with van der Waals surface area (Å²) >= 11 is 7.27. The molecule has 3 N–H and O–H groups in total. The van der Waals surface area contributed by atoms with Crippen LogP contribution in [0.15, 0.2) is 47.4 Å². The quantitative estimate of drug-likeness (QED) is 0.664. The predicted molar refractivity (Wildman–Crippen MR) is 86.4 cm³/mol. The number of hydrogen-bond donors (Lipinski definition) is 2. The number of carbonyl (C=O) groups excluding carboxylic acids is 1. The van der Waals surface area contributed by atoms with Gasteiger partial charge >= 0.3 is 0 Å². The maximum atomic E-state index is 11.9. The smallest absolute Gasteiger partial charge is 0.234 e. The van der Waals surface area contributed by atoms with Gasteiger partial charge in [0.25, 0.3) is 0 Å². The van der Waals surface area contributed by atoms with Gasteiger partial charge in [-0.15, -0.1) is 11.8 Å². The first-order valence-corrected chi connectivity index (χ1v) is 7.46. The molecule has 0 spiro atoms. The molecule has 0 unspecified atom stereocenters. The van der Waals surface area contributed by atoms with Crippen molar-refractivity contribution in [2.24, 2.45) is 0 Å². The lowest BCUT2D eigenvalue weighted by atomic mass is 10.2. The molecule has 0 bridgehead atoms. The van der Waals surface area contributed by atoms with Crippen LogP contribution in [-0.2, 0) is 4.79 Å². The van der Waals surface area contributed by atoms with E-state index in [2.05, 4.69) is 5.32 Å². The largest absolute Gasteiger partial charge is 0.398 e. The molecule has 0 heterocycles. The fourth-order valence-electron chi connectivity index (χ4n) is 1.66. The van der Waals surface area contributed by atoms with Crippen LogP contribution >= 0.6 is 23.4 Å². The molecule has 0 fully saturated rings. The lowest BCUT2D eigenvalue weighted by Gasteiger charge is -2.08. The van der Waals surface area contributed by atoms with Crippen LogP contribution in [0.2, 0.25) is 5.02 Å². The third-order valence-corrected chi connectivity index (χ3v) is 4.22. The van der Waals surface area contributed by atoms with Crippen LogP contribution in [0.4, 0.5) is 11.4 Å². The highest BCUT2D eigenvalue weighted by molar-refractivity contribution is 8.00. The van der Waals surface area contributed by atoms with E-state index in [1.165, 1.54) is 11.8 Å². The number of hydrogen-bond acceptors (Lipinski definition) is 3. The summed E-state index contributed by atoms with van der Waals surface area (Å²) in [5.74, 6) is 0.284. The van der Waals surface area contributed by atoms with Gasteiger partial charge in [-0.3, -0.25) is 4.79 Å². The van der Waals surface area contributed by atoms with E-state index in [4.69, 9.17) is 17.3 Å². The summed E-state index contributed by atoms with van der Waals surface area (Å²) in [5, 5.41) is 3.47. The second-order valence-corrected chi connectivity index (χ2v) is 5.77. The average Bonchev–Trinajstić information content (AvgIpc) is 2.43. The van der Waals surface area contributed by atoms with E-state index in [-0.39, 0.29) is 5.91 Å². The minimum absolute atomic E-state index is 0.0563. The molecular formula is C15H15ClN2OS. The Morgan fingerprint density at radius 3 is 2.65 bits per heavy atom. The van der Waals surface area contributed by atoms with Crippen molar-refractivity contribution in [3.63, 3.8) is 0 Å². The Hall–Kier alpha value is -1.65. The minimum Gasteiger partial charge on any atom is -0.398 e. The van der Waals surface area contributed by atoms with E-state index >= 15 is 0 Å². The Labute approximate surface area is 127 Å². The number of nitrogen functional groups attached to an aromatic ring is 1. The third kappa shape index (κ3) is 3.92. The number of benzene rings is 2. The van der Waals surface area contributed by atoms with Crippen molar-refractivity contribution in [1.82, 2.24) is 0 Å². The third-order valence-electron chi connectivity index (χ3n) is 2.81. The van der Waals surface area contributed by atoms with Crippen LogP contribution < -0.4 is 11.1 Å². The van der Waals surface area contributed by atoms with Gasteiger partial charge in [0.1, 0.15) is 0 Å². The van der Waals surface area contributed by atoms with E-state index < -0.39 is 0 Å². The van der Waals surface area contributed by atoms with Crippen LogP contribution in [0.1, 0.15) is 5.56 Å². The van der Waals surface area contributed by atoms with Crippen molar-refractivity contribution in [3.8, 4) is 0 Å². The molecule has 0 aliphatic carbocycles. The topological polar surface area (TPSA) is 55.1 Å². The molecule has 0 aromatic heterocycles. The summed E-state index contributed by atoms with van der Waals surface area (Å²) in [4.78, 5) is 12.9. The van der Waals surface area contributed by atoms with Crippen molar-refractivity contribution >= 4 is 40.6 Å². The molecule has 0 atom stereocenters. The van der Waals surface area contributed by atoms with Gasteiger partial charge in [0.2, 0.25) is 5.91 Å². The number of halogens is 1. The number of anilines is 2. The highest BCUT2D eigenvalue weighted by Gasteiger charge is 2.06. The second kappa shape index (κ2) is 6.68. The zero-order chi connectivity index (χ0) is 14.5. The van der Waals surface area contributed by atoms with Crippen LogP contribution in [-0.4, -0.2) is 11.7 Å². The lowest BCUT2D eigenvalue weighted by molar-refractivity contribution is -0.113. The van der Waals surface area contributed by atoms with Gasteiger partial charge in [-0.2, -0.15) is 0 Å². The Morgan fingerprint density at radius 2 is 1.95 bits per heavy atom. The van der Waals surface area contributed by atoms with E-state index in [1.54, 1.807) is 24.3 Å². The van der Waals surface area contributed by atoms with Gasteiger partial charge in [-0.1, -0.05) is 17.7 Å². The van der Waals surface area contributed by atoms with Gasteiger partial charge in [-0.25, -0.2) is 0 Å². The predicted octanol–water partition coefficient (Wildman–Crippen LogP) is 3.96. The van der Waals surface area contributed by atoms with Gasteiger partial charge in [0.05, 0.1) is 5.75 Å². The summed E-state index contributed by atoms with van der Waals surface area (Å²) in [6.45, 7) is 1.95. The molecule has 0 aliphatic heterocycles. The Balaban J connectivity index is 1.92. The van der Waals surface area contributed by atoms with Gasteiger partial charge in [-0.05, 0) is 48.9 Å². The molecule has 2 rings (SSSR count). The fourth-order valence-corrected chi connectivity index (χ4v) is 2.66. The molecule has 104 valence electrons. The molecular weight excluding hydrogens is 292 g/mol. The zero-order valence-electron chi connectivity index (χ0n) is 11.0. The molecule has 0 saturated carbocycles. The molecule has 2 aromatic carbocycles. The number of nitrogens with one attached hydrogen (secondary N) is 1. The van der Waals surface area contributed by atoms with Crippen molar-refractivity contribution < 1.29 is 4.79 Å². The second-order valence-electron chi connectivity index (χ2n) is 4.31. The number of rotatable bonds is 4. The van der Waals surface area contributed by atoms with E-state index in [1.807, 2.05) is 25.1 Å². The molecule has 5 heteroatoms. The van der Waals surface area contributed by atoms with Gasteiger partial charge < -0.3 is 11.1 Å². The first kappa shape index (κ1) is 14.8. The fraction of sp³-hybridized carbons (Fsp3) is 0.133. The Bertz CT molecular complexity index is 614. The van der Waals surface area contributed by atoms with Crippen molar-refractivity contribution in [1.29, 1.82) is 0 Å².